The van der Waals surface area contributed by atoms with Crippen LogP contribution in [0.4, 0.5) is 10.6 Å². The molecule has 0 radical (unpaired) electrons. The second-order valence-corrected chi connectivity index (χ2v) is 6.97. The SMILES string of the molecule is COc1ccc2ccc(N3C(=O)c4ccccc4C3OC(=O)Oc3ccccc3)nc2n1. The molecule has 1 unspecified atom stereocenters. The standard InChI is InChI=1S/C24H17N3O5/c1-30-20-14-12-15-11-13-19(25-21(15)26-20)27-22(28)17-9-5-6-10-18(17)23(27)32-24(29)31-16-7-3-2-4-8-16/h2-14,23H,1H3. The van der Waals surface area contributed by atoms with Gasteiger partial charge in [-0.25, -0.2) is 9.78 Å². The lowest BCUT2D eigenvalue weighted by Gasteiger charge is -2.24. The van der Waals surface area contributed by atoms with Crippen molar-refractivity contribution in [2.75, 3.05) is 12.0 Å². The molecular weight excluding hydrogens is 410 g/mol. The molecule has 0 fully saturated rings. The Morgan fingerprint density at radius 1 is 0.906 bits per heavy atom. The molecule has 3 heterocycles. The number of benzene rings is 2. The summed E-state index contributed by atoms with van der Waals surface area (Å²) in [5.74, 6) is 0.684. The Kier molecular flexibility index (Phi) is 4.87. The molecule has 1 aliphatic rings. The quantitative estimate of drug-likeness (QED) is 0.349. The number of anilines is 1. The summed E-state index contributed by atoms with van der Waals surface area (Å²) in [6.07, 6.45) is -1.97. The average Bonchev–Trinajstić information content (AvgIpc) is 3.10. The number of aromatic nitrogens is 2. The number of rotatable bonds is 4. The van der Waals surface area contributed by atoms with Crippen molar-refractivity contribution in [3.05, 3.63) is 90.0 Å². The van der Waals surface area contributed by atoms with Crippen molar-refractivity contribution in [2.24, 2.45) is 0 Å². The Morgan fingerprint density at radius 3 is 2.47 bits per heavy atom. The third-order valence-electron chi connectivity index (χ3n) is 5.03. The first kappa shape index (κ1) is 19.5. The molecule has 0 aliphatic carbocycles. The summed E-state index contributed by atoms with van der Waals surface area (Å²) < 4.78 is 16.0. The van der Waals surface area contributed by atoms with Crippen LogP contribution in [0, 0.1) is 0 Å². The molecule has 4 aromatic rings. The normalized spacial score (nSPS) is 14.8. The van der Waals surface area contributed by atoms with Gasteiger partial charge in [0.25, 0.3) is 5.91 Å². The van der Waals surface area contributed by atoms with E-state index in [4.69, 9.17) is 14.2 Å². The highest BCUT2D eigenvalue weighted by Gasteiger charge is 2.41. The van der Waals surface area contributed by atoms with Crippen molar-refractivity contribution in [3.63, 3.8) is 0 Å². The number of nitrogens with zero attached hydrogens (tertiary/aromatic N) is 3. The fraction of sp³-hybridized carbons (Fsp3) is 0.0833. The number of hydrogen-bond donors (Lipinski definition) is 0. The minimum Gasteiger partial charge on any atom is -0.481 e. The Balaban J connectivity index is 1.51. The zero-order valence-corrected chi connectivity index (χ0v) is 17.0. The van der Waals surface area contributed by atoms with Gasteiger partial charge in [-0.1, -0.05) is 36.4 Å². The molecule has 0 saturated carbocycles. The number of carbonyl (C=O) groups is 2. The first-order chi connectivity index (χ1) is 15.6. The second kappa shape index (κ2) is 7.99. The van der Waals surface area contributed by atoms with Crippen LogP contribution in [0.5, 0.6) is 11.6 Å². The second-order valence-electron chi connectivity index (χ2n) is 6.97. The number of amides is 1. The first-order valence-corrected chi connectivity index (χ1v) is 9.82. The molecule has 8 nitrogen and oxygen atoms in total. The maximum absolute atomic E-state index is 13.2. The summed E-state index contributed by atoms with van der Waals surface area (Å²) in [5, 5.41) is 0.777. The monoisotopic (exact) mass is 427 g/mol. The molecule has 0 N–H and O–H groups in total. The zero-order chi connectivity index (χ0) is 22.1. The van der Waals surface area contributed by atoms with E-state index in [0.717, 1.165) is 5.39 Å². The molecule has 0 bridgehead atoms. The molecular formula is C24H17N3O5. The van der Waals surface area contributed by atoms with Gasteiger partial charge in [0.2, 0.25) is 12.1 Å². The molecule has 32 heavy (non-hydrogen) atoms. The number of para-hydroxylation sites is 1. The van der Waals surface area contributed by atoms with Crippen LogP contribution in [0.2, 0.25) is 0 Å². The lowest BCUT2D eigenvalue weighted by atomic mass is 10.1. The van der Waals surface area contributed by atoms with Gasteiger partial charge in [0, 0.05) is 22.6 Å². The van der Waals surface area contributed by atoms with E-state index >= 15 is 0 Å². The van der Waals surface area contributed by atoms with Crippen molar-refractivity contribution < 1.29 is 23.8 Å². The van der Waals surface area contributed by atoms with E-state index in [2.05, 4.69) is 9.97 Å². The minimum absolute atomic E-state index is 0.289. The van der Waals surface area contributed by atoms with Crippen molar-refractivity contribution >= 4 is 28.9 Å². The lowest BCUT2D eigenvalue weighted by molar-refractivity contribution is 0.0569. The molecule has 158 valence electrons. The van der Waals surface area contributed by atoms with Crippen molar-refractivity contribution in [3.8, 4) is 11.6 Å². The Bertz CT molecular complexity index is 1330. The number of fused-ring (bicyclic) bond motifs is 2. The Morgan fingerprint density at radius 2 is 1.66 bits per heavy atom. The van der Waals surface area contributed by atoms with Crippen LogP contribution in [0.3, 0.4) is 0 Å². The van der Waals surface area contributed by atoms with Gasteiger partial charge >= 0.3 is 6.16 Å². The topological polar surface area (TPSA) is 90.8 Å². The van der Waals surface area contributed by atoms with Crippen LogP contribution in [-0.2, 0) is 4.74 Å². The van der Waals surface area contributed by atoms with E-state index in [1.165, 1.54) is 12.0 Å². The molecule has 1 atom stereocenters. The largest absolute Gasteiger partial charge is 0.516 e. The summed E-state index contributed by atoms with van der Waals surface area (Å²) in [6.45, 7) is 0. The smallest absolute Gasteiger partial charge is 0.481 e. The maximum atomic E-state index is 13.2. The van der Waals surface area contributed by atoms with Crippen LogP contribution in [0.25, 0.3) is 11.0 Å². The molecule has 5 rings (SSSR count). The maximum Gasteiger partial charge on any atom is 0.516 e. The van der Waals surface area contributed by atoms with E-state index < -0.39 is 12.4 Å². The van der Waals surface area contributed by atoms with Crippen LogP contribution < -0.4 is 14.4 Å². The fourth-order valence-corrected chi connectivity index (χ4v) is 3.54. The number of ether oxygens (including phenoxy) is 3. The van der Waals surface area contributed by atoms with Crippen LogP contribution >= 0.6 is 0 Å². The molecule has 2 aromatic heterocycles. The Hall–Kier alpha value is -4.46. The third kappa shape index (κ3) is 3.47. The zero-order valence-electron chi connectivity index (χ0n) is 17.0. The predicted octanol–water partition coefficient (Wildman–Crippen LogP) is 4.51. The molecule has 0 spiro atoms. The van der Waals surface area contributed by atoms with Crippen molar-refractivity contribution in [1.82, 2.24) is 9.97 Å². The molecule has 1 aliphatic heterocycles. The number of hydrogen-bond acceptors (Lipinski definition) is 7. The number of pyridine rings is 2. The van der Waals surface area contributed by atoms with Gasteiger partial charge < -0.3 is 14.2 Å². The van der Waals surface area contributed by atoms with Gasteiger partial charge in [-0.05, 0) is 36.4 Å². The third-order valence-corrected chi connectivity index (χ3v) is 5.03. The van der Waals surface area contributed by atoms with Crippen LogP contribution in [0.15, 0.2) is 78.9 Å². The van der Waals surface area contributed by atoms with Gasteiger partial charge in [0.1, 0.15) is 11.6 Å². The predicted molar refractivity (Wildman–Crippen MR) is 116 cm³/mol. The van der Waals surface area contributed by atoms with E-state index in [0.29, 0.717) is 28.4 Å². The van der Waals surface area contributed by atoms with Gasteiger partial charge in [-0.15, -0.1) is 0 Å². The van der Waals surface area contributed by atoms with Gasteiger partial charge in [0.05, 0.1) is 7.11 Å². The van der Waals surface area contributed by atoms with E-state index in [1.54, 1.807) is 72.8 Å². The summed E-state index contributed by atoms with van der Waals surface area (Å²) in [5.41, 5.74) is 1.37. The highest BCUT2D eigenvalue weighted by Crippen LogP contribution is 2.38. The molecule has 1 amide bonds. The Labute approximate surface area is 183 Å². The first-order valence-electron chi connectivity index (χ1n) is 9.82. The average molecular weight is 427 g/mol. The summed E-state index contributed by atoms with van der Waals surface area (Å²) in [6, 6.07) is 22.5. The van der Waals surface area contributed by atoms with E-state index in [-0.39, 0.29) is 11.7 Å². The number of methoxy groups -OCH3 is 1. The number of carbonyl (C=O) groups excluding carboxylic acids is 2. The van der Waals surface area contributed by atoms with Crippen molar-refractivity contribution in [1.29, 1.82) is 0 Å². The minimum atomic E-state index is -1.04. The van der Waals surface area contributed by atoms with Crippen LogP contribution in [-0.4, -0.2) is 29.1 Å². The van der Waals surface area contributed by atoms with E-state index in [1.807, 2.05) is 6.07 Å². The summed E-state index contributed by atoms with van der Waals surface area (Å²) in [4.78, 5) is 35.9. The van der Waals surface area contributed by atoms with E-state index in [9.17, 15) is 9.59 Å². The molecule has 2 aromatic carbocycles. The lowest BCUT2D eigenvalue weighted by Crippen LogP contribution is -2.32. The van der Waals surface area contributed by atoms with Crippen molar-refractivity contribution in [2.45, 2.75) is 6.23 Å². The fourth-order valence-electron chi connectivity index (χ4n) is 3.54. The summed E-state index contributed by atoms with van der Waals surface area (Å²) >= 11 is 0. The molecule has 8 heteroatoms. The summed E-state index contributed by atoms with van der Waals surface area (Å²) in [7, 11) is 1.51. The van der Waals surface area contributed by atoms with Crippen LogP contribution in [0.1, 0.15) is 22.1 Å². The van der Waals surface area contributed by atoms with Gasteiger partial charge in [-0.2, -0.15) is 4.98 Å². The highest BCUT2D eigenvalue weighted by molar-refractivity contribution is 6.10. The molecule has 0 saturated heterocycles. The highest BCUT2D eigenvalue weighted by atomic mass is 16.7. The van der Waals surface area contributed by atoms with Gasteiger partial charge in [0.15, 0.2) is 5.65 Å². The van der Waals surface area contributed by atoms with Gasteiger partial charge in [-0.3, -0.25) is 9.69 Å².